The smallest absolute Gasteiger partial charge is 0.128 e. The van der Waals surface area contributed by atoms with Crippen LogP contribution in [0.5, 0.6) is 0 Å². The van der Waals surface area contributed by atoms with Gasteiger partial charge in [0.1, 0.15) is 5.82 Å². The molecule has 14 heavy (non-hydrogen) atoms. The summed E-state index contributed by atoms with van der Waals surface area (Å²) in [5.41, 5.74) is 3.99. The van der Waals surface area contributed by atoms with E-state index < -0.39 is 0 Å². The normalized spacial score (nSPS) is 19.8. The van der Waals surface area contributed by atoms with Gasteiger partial charge in [-0.25, -0.2) is 9.97 Å². The molecule has 1 saturated carbocycles. The maximum absolute atomic E-state index is 4.67. The molecule has 0 saturated heterocycles. The number of aryl methyl sites for hydroxylation is 1. The Morgan fingerprint density at radius 2 is 2.14 bits per heavy atom. The lowest BCUT2D eigenvalue weighted by Crippen LogP contribution is -2.04. The Kier molecular flexibility index (Phi) is 1.80. The van der Waals surface area contributed by atoms with Crippen molar-refractivity contribution in [1.82, 2.24) is 15.3 Å². The lowest BCUT2D eigenvalue weighted by molar-refractivity contribution is 0.754. The van der Waals surface area contributed by atoms with Gasteiger partial charge in [-0.1, -0.05) is 6.92 Å². The summed E-state index contributed by atoms with van der Waals surface area (Å²) in [6, 6.07) is 0. The maximum atomic E-state index is 4.67. The molecule has 2 heterocycles. The fourth-order valence-corrected chi connectivity index (χ4v) is 2.10. The van der Waals surface area contributed by atoms with Gasteiger partial charge in [-0.15, -0.1) is 0 Å². The van der Waals surface area contributed by atoms with Crippen LogP contribution in [0.3, 0.4) is 0 Å². The molecule has 1 aliphatic carbocycles. The van der Waals surface area contributed by atoms with Crippen LogP contribution < -0.4 is 5.32 Å². The van der Waals surface area contributed by atoms with Gasteiger partial charge in [0, 0.05) is 31.0 Å². The SMILES string of the molecule is CCc1nc2c(c(C3CC3)n1)CNC2. The average molecular weight is 189 g/mol. The number of hydrogen-bond donors (Lipinski definition) is 1. The molecule has 0 radical (unpaired) electrons. The van der Waals surface area contributed by atoms with E-state index in [1.165, 1.54) is 29.8 Å². The van der Waals surface area contributed by atoms with Crippen molar-refractivity contribution >= 4 is 0 Å². The number of nitrogens with zero attached hydrogens (tertiary/aromatic N) is 2. The summed E-state index contributed by atoms with van der Waals surface area (Å²) in [6.45, 7) is 4.04. The van der Waals surface area contributed by atoms with E-state index in [4.69, 9.17) is 0 Å². The molecule has 0 unspecified atom stereocenters. The van der Waals surface area contributed by atoms with Crippen LogP contribution >= 0.6 is 0 Å². The maximum Gasteiger partial charge on any atom is 0.128 e. The Labute approximate surface area is 84.0 Å². The molecule has 1 N–H and O–H groups in total. The fourth-order valence-electron chi connectivity index (χ4n) is 2.10. The van der Waals surface area contributed by atoms with Crippen molar-refractivity contribution in [2.45, 2.75) is 45.2 Å². The lowest BCUT2D eigenvalue weighted by Gasteiger charge is -2.07. The fraction of sp³-hybridized carbons (Fsp3) is 0.636. The predicted molar refractivity (Wildman–Crippen MR) is 53.9 cm³/mol. The monoisotopic (exact) mass is 189 g/mol. The molecule has 3 nitrogen and oxygen atoms in total. The summed E-state index contributed by atoms with van der Waals surface area (Å²) in [5.74, 6) is 1.77. The molecule has 1 aliphatic heterocycles. The molecule has 1 aromatic rings. The molecule has 0 aromatic carbocycles. The van der Waals surface area contributed by atoms with E-state index in [0.717, 1.165) is 31.3 Å². The molecule has 74 valence electrons. The zero-order valence-corrected chi connectivity index (χ0v) is 8.51. The number of nitrogens with one attached hydrogen (secondary N) is 1. The van der Waals surface area contributed by atoms with Gasteiger partial charge in [0.05, 0.1) is 11.4 Å². The number of fused-ring (bicyclic) bond motifs is 1. The van der Waals surface area contributed by atoms with Gasteiger partial charge < -0.3 is 5.32 Å². The average Bonchev–Trinajstić information content (AvgIpc) is 2.95. The molecular weight excluding hydrogens is 174 g/mol. The first-order valence-corrected chi connectivity index (χ1v) is 5.47. The third-order valence-electron chi connectivity index (χ3n) is 3.05. The number of hydrogen-bond acceptors (Lipinski definition) is 3. The Morgan fingerprint density at radius 3 is 2.86 bits per heavy atom. The highest BCUT2D eigenvalue weighted by atomic mass is 15.0. The third-order valence-corrected chi connectivity index (χ3v) is 3.05. The van der Waals surface area contributed by atoms with E-state index >= 15 is 0 Å². The van der Waals surface area contributed by atoms with Crippen LogP contribution in [0.15, 0.2) is 0 Å². The molecule has 0 spiro atoms. The number of aromatic nitrogens is 2. The van der Waals surface area contributed by atoms with E-state index in [1.54, 1.807) is 0 Å². The molecule has 1 aromatic heterocycles. The Morgan fingerprint density at radius 1 is 1.29 bits per heavy atom. The van der Waals surface area contributed by atoms with E-state index in [1.807, 2.05) is 0 Å². The summed E-state index contributed by atoms with van der Waals surface area (Å²) in [7, 11) is 0. The van der Waals surface area contributed by atoms with E-state index in [9.17, 15) is 0 Å². The molecule has 0 amide bonds. The van der Waals surface area contributed by atoms with Crippen molar-refractivity contribution in [3.05, 3.63) is 22.8 Å². The van der Waals surface area contributed by atoms with Gasteiger partial charge in [-0.2, -0.15) is 0 Å². The van der Waals surface area contributed by atoms with Crippen LogP contribution in [0.25, 0.3) is 0 Å². The van der Waals surface area contributed by atoms with Gasteiger partial charge in [-0.05, 0) is 12.8 Å². The van der Waals surface area contributed by atoms with Crippen molar-refractivity contribution in [2.75, 3.05) is 0 Å². The van der Waals surface area contributed by atoms with E-state index in [-0.39, 0.29) is 0 Å². The first-order valence-electron chi connectivity index (χ1n) is 5.47. The minimum absolute atomic E-state index is 0.747. The van der Waals surface area contributed by atoms with Gasteiger partial charge in [0.25, 0.3) is 0 Å². The molecule has 0 bridgehead atoms. The summed E-state index contributed by atoms with van der Waals surface area (Å²) in [5, 5.41) is 3.36. The quantitative estimate of drug-likeness (QED) is 0.766. The Bertz CT molecular complexity index is 369. The molecule has 3 rings (SSSR count). The van der Waals surface area contributed by atoms with Crippen molar-refractivity contribution < 1.29 is 0 Å². The van der Waals surface area contributed by atoms with Gasteiger partial charge in [0.2, 0.25) is 0 Å². The molecule has 2 aliphatic rings. The van der Waals surface area contributed by atoms with Crippen LogP contribution in [0.4, 0.5) is 0 Å². The highest BCUT2D eigenvalue weighted by Crippen LogP contribution is 2.41. The first kappa shape index (κ1) is 8.36. The van der Waals surface area contributed by atoms with Crippen molar-refractivity contribution in [1.29, 1.82) is 0 Å². The van der Waals surface area contributed by atoms with E-state index in [2.05, 4.69) is 22.2 Å². The minimum atomic E-state index is 0.747. The highest BCUT2D eigenvalue weighted by molar-refractivity contribution is 5.33. The predicted octanol–water partition coefficient (Wildman–Crippen LogP) is 1.52. The molecular formula is C11H15N3. The second-order valence-electron chi connectivity index (χ2n) is 4.18. The minimum Gasteiger partial charge on any atom is -0.307 e. The highest BCUT2D eigenvalue weighted by Gasteiger charge is 2.30. The van der Waals surface area contributed by atoms with Crippen molar-refractivity contribution in [2.24, 2.45) is 0 Å². The largest absolute Gasteiger partial charge is 0.307 e. The standard InChI is InChI=1S/C11H15N3/c1-2-10-13-9-6-12-5-8(9)11(14-10)7-3-4-7/h7,12H,2-6H2,1H3. The zero-order chi connectivity index (χ0) is 9.54. The van der Waals surface area contributed by atoms with Crippen LogP contribution in [0, 0.1) is 0 Å². The summed E-state index contributed by atoms with van der Waals surface area (Å²) in [4.78, 5) is 9.24. The lowest BCUT2D eigenvalue weighted by atomic mass is 10.1. The molecule has 3 heteroatoms. The van der Waals surface area contributed by atoms with Crippen molar-refractivity contribution in [3.63, 3.8) is 0 Å². The van der Waals surface area contributed by atoms with Crippen LogP contribution in [0.2, 0.25) is 0 Å². The zero-order valence-electron chi connectivity index (χ0n) is 8.51. The van der Waals surface area contributed by atoms with Gasteiger partial charge >= 0.3 is 0 Å². The summed E-state index contributed by atoms with van der Waals surface area (Å²) >= 11 is 0. The molecule has 1 fully saturated rings. The first-order chi connectivity index (χ1) is 6.88. The Balaban J connectivity index is 2.11. The van der Waals surface area contributed by atoms with Crippen LogP contribution in [0.1, 0.15) is 48.5 Å². The Hall–Kier alpha value is -0.960. The molecule has 0 atom stereocenters. The van der Waals surface area contributed by atoms with Gasteiger partial charge in [-0.3, -0.25) is 0 Å². The number of rotatable bonds is 2. The summed E-state index contributed by atoms with van der Waals surface area (Å²) < 4.78 is 0. The third kappa shape index (κ3) is 1.23. The van der Waals surface area contributed by atoms with Crippen molar-refractivity contribution in [3.8, 4) is 0 Å². The van der Waals surface area contributed by atoms with Crippen LogP contribution in [-0.2, 0) is 19.5 Å². The second kappa shape index (κ2) is 3.02. The second-order valence-corrected chi connectivity index (χ2v) is 4.18. The van der Waals surface area contributed by atoms with E-state index in [0.29, 0.717) is 0 Å². The topological polar surface area (TPSA) is 37.8 Å². The van der Waals surface area contributed by atoms with Gasteiger partial charge in [0.15, 0.2) is 0 Å². The summed E-state index contributed by atoms with van der Waals surface area (Å²) in [6.07, 6.45) is 3.60. The van der Waals surface area contributed by atoms with Crippen LogP contribution in [-0.4, -0.2) is 9.97 Å².